The number of halogens is 2. The van der Waals surface area contributed by atoms with E-state index >= 15 is 0 Å². The fourth-order valence-electron chi connectivity index (χ4n) is 3.11. The number of nitrogens with one attached hydrogen (secondary N) is 1. The molecule has 0 bridgehead atoms. The molecular weight excluding hydrogens is 399 g/mol. The molecule has 148 valence electrons. The number of benzene rings is 2. The summed E-state index contributed by atoms with van der Waals surface area (Å²) in [7, 11) is 0. The van der Waals surface area contributed by atoms with Crippen LogP contribution in [0, 0.1) is 6.92 Å². The van der Waals surface area contributed by atoms with Gasteiger partial charge in [0, 0.05) is 29.7 Å². The molecule has 7 heteroatoms. The standard InChI is InChI=1S/C21H22Cl2N2O3/c1-14-2-4-15(5-3-14)21(27)25-10-8-17(9-11-25)24-20(26)13-28-19-7-6-16(22)12-18(19)23/h2-7,12,17H,8-11,13H2,1H3,(H,24,26). The molecule has 5 nitrogen and oxygen atoms in total. The van der Waals surface area contributed by atoms with Gasteiger partial charge >= 0.3 is 0 Å². The second-order valence-electron chi connectivity index (χ2n) is 6.86. The molecule has 1 N–H and O–H groups in total. The molecule has 1 aliphatic rings. The largest absolute Gasteiger partial charge is 0.482 e. The van der Waals surface area contributed by atoms with Crippen LogP contribution in [0.5, 0.6) is 5.75 Å². The highest BCUT2D eigenvalue weighted by Gasteiger charge is 2.24. The van der Waals surface area contributed by atoms with E-state index in [1.54, 1.807) is 18.2 Å². The average molecular weight is 421 g/mol. The zero-order valence-electron chi connectivity index (χ0n) is 15.6. The lowest BCUT2D eigenvalue weighted by Crippen LogP contribution is -2.47. The molecule has 2 aromatic carbocycles. The van der Waals surface area contributed by atoms with Crippen LogP contribution in [0.15, 0.2) is 42.5 Å². The van der Waals surface area contributed by atoms with Gasteiger partial charge in [0.1, 0.15) is 5.75 Å². The minimum absolute atomic E-state index is 0.0267. The Labute approximate surface area is 174 Å². The van der Waals surface area contributed by atoms with Crippen molar-refractivity contribution in [2.75, 3.05) is 19.7 Å². The highest BCUT2D eigenvalue weighted by atomic mass is 35.5. The number of amides is 2. The van der Waals surface area contributed by atoms with E-state index in [4.69, 9.17) is 27.9 Å². The molecule has 0 aliphatic carbocycles. The van der Waals surface area contributed by atoms with Crippen LogP contribution in [-0.4, -0.2) is 42.5 Å². The molecule has 1 saturated heterocycles. The summed E-state index contributed by atoms with van der Waals surface area (Å²) >= 11 is 11.9. The van der Waals surface area contributed by atoms with Gasteiger partial charge in [-0.2, -0.15) is 0 Å². The molecule has 3 rings (SSSR count). The monoisotopic (exact) mass is 420 g/mol. The molecule has 1 aliphatic heterocycles. The first-order chi connectivity index (χ1) is 13.4. The van der Waals surface area contributed by atoms with Gasteiger partial charge in [0.2, 0.25) is 0 Å². The van der Waals surface area contributed by atoms with Crippen LogP contribution in [0.3, 0.4) is 0 Å². The molecule has 28 heavy (non-hydrogen) atoms. The van der Waals surface area contributed by atoms with Gasteiger partial charge in [0.15, 0.2) is 6.61 Å². The smallest absolute Gasteiger partial charge is 0.258 e. The number of likely N-dealkylation sites (tertiary alicyclic amines) is 1. The number of aryl methyl sites for hydroxylation is 1. The second-order valence-corrected chi connectivity index (χ2v) is 7.71. The average Bonchev–Trinajstić information content (AvgIpc) is 2.68. The maximum atomic E-state index is 12.6. The number of hydrogen-bond acceptors (Lipinski definition) is 3. The molecule has 0 unspecified atom stereocenters. The third-order valence-electron chi connectivity index (χ3n) is 4.70. The highest BCUT2D eigenvalue weighted by Crippen LogP contribution is 2.27. The van der Waals surface area contributed by atoms with Gasteiger partial charge in [0.25, 0.3) is 11.8 Å². The van der Waals surface area contributed by atoms with E-state index in [0.717, 1.165) is 5.56 Å². The summed E-state index contributed by atoms with van der Waals surface area (Å²) in [6.45, 7) is 3.10. The fourth-order valence-corrected chi connectivity index (χ4v) is 3.57. The lowest BCUT2D eigenvalue weighted by atomic mass is 10.0. The van der Waals surface area contributed by atoms with E-state index in [1.165, 1.54) is 0 Å². The van der Waals surface area contributed by atoms with Gasteiger partial charge in [-0.05, 0) is 50.1 Å². The third-order valence-corrected chi connectivity index (χ3v) is 5.23. The van der Waals surface area contributed by atoms with Crippen LogP contribution < -0.4 is 10.1 Å². The predicted molar refractivity (Wildman–Crippen MR) is 110 cm³/mol. The molecule has 2 amide bonds. The van der Waals surface area contributed by atoms with Crippen LogP contribution >= 0.6 is 23.2 Å². The second kappa shape index (κ2) is 9.30. The van der Waals surface area contributed by atoms with Gasteiger partial charge in [-0.3, -0.25) is 9.59 Å². The van der Waals surface area contributed by atoms with Crippen LogP contribution in [0.1, 0.15) is 28.8 Å². The first-order valence-electron chi connectivity index (χ1n) is 9.15. The summed E-state index contributed by atoms with van der Waals surface area (Å²) < 4.78 is 5.45. The molecule has 0 spiro atoms. The molecule has 1 fully saturated rings. The zero-order valence-corrected chi connectivity index (χ0v) is 17.1. The Morgan fingerprint density at radius 3 is 2.43 bits per heavy atom. The van der Waals surface area contributed by atoms with Gasteiger partial charge in [-0.25, -0.2) is 0 Å². The number of rotatable bonds is 5. The molecule has 2 aromatic rings. The van der Waals surface area contributed by atoms with Crippen molar-refractivity contribution >= 4 is 35.0 Å². The number of ether oxygens (including phenoxy) is 1. The van der Waals surface area contributed by atoms with E-state index in [0.29, 0.717) is 47.3 Å². The SMILES string of the molecule is Cc1ccc(C(=O)N2CCC(NC(=O)COc3ccc(Cl)cc3Cl)CC2)cc1. The minimum Gasteiger partial charge on any atom is -0.482 e. The fraction of sp³-hybridized carbons (Fsp3) is 0.333. The first kappa shape index (κ1) is 20.5. The Kier molecular flexibility index (Phi) is 6.81. The number of hydrogen-bond donors (Lipinski definition) is 1. The zero-order chi connectivity index (χ0) is 20.1. The Hall–Kier alpha value is -2.24. The maximum absolute atomic E-state index is 12.6. The molecule has 0 saturated carbocycles. The number of piperidine rings is 1. The Morgan fingerprint density at radius 2 is 1.79 bits per heavy atom. The van der Waals surface area contributed by atoms with E-state index in [9.17, 15) is 9.59 Å². The van der Waals surface area contributed by atoms with E-state index in [1.807, 2.05) is 36.1 Å². The van der Waals surface area contributed by atoms with Gasteiger partial charge < -0.3 is 15.0 Å². The van der Waals surface area contributed by atoms with Crippen molar-refractivity contribution in [2.24, 2.45) is 0 Å². The quantitative estimate of drug-likeness (QED) is 0.791. The van der Waals surface area contributed by atoms with Gasteiger partial charge in [0.05, 0.1) is 5.02 Å². The molecule has 0 aromatic heterocycles. The topological polar surface area (TPSA) is 58.6 Å². The van der Waals surface area contributed by atoms with Gasteiger partial charge in [-0.1, -0.05) is 40.9 Å². The van der Waals surface area contributed by atoms with Crippen molar-refractivity contribution in [3.63, 3.8) is 0 Å². The summed E-state index contributed by atoms with van der Waals surface area (Å²) in [6.07, 6.45) is 1.43. The predicted octanol–water partition coefficient (Wildman–Crippen LogP) is 4.10. The highest BCUT2D eigenvalue weighted by molar-refractivity contribution is 6.35. The summed E-state index contributed by atoms with van der Waals surface area (Å²) in [5.74, 6) is 0.236. The van der Waals surface area contributed by atoms with Crippen molar-refractivity contribution in [1.82, 2.24) is 10.2 Å². The lowest BCUT2D eigenvalue weighted by Gasteiger charge is -2.32. The molecule has 0 atom stereocenters. The normalized spacial score (nSPS) is 14.6. The summed E-state index contributed by atoms with van der Waals surface area (Å²) in [5, 5.41) is 3.83. The van der Waals surface area contributed by atoms with Crippen molar-refractivity contribution in [3.8, 4) is 5.75 Å². The van der Waals surface area contributed by atoms with Crippen molar-refractivity contribution in [3.05, 3.63) is 63.6 Å². The molecule has 1 heterocycles. The number of nitrogens with zero attached hydrogens (tertiary/aromatic N) is 1. The molecule has 0 radical (unpaired) electrons. The molecular formula is C21H22Cl2N2O3. The first-order valence-corrected chi connectivity index (χ1v) is 9.91. The van der Waals surface area contributed by atoms with Crippen LogP contribution in [0.2, 0.25) is 10.0 Å². The summed E-state index contributed by atoms with van der Waals surface area (Å²) in [4.78, 5) is 26.5. The van der Waals surface area contributed by atoms with Crippen molar-refractivity contribution in [2.45, 2.75) is 25.8 Å². The van der Waals surface area contributed by atoms with Crippen LogP contribution in [-0.2, 0) is 4.79 Å². The Morgan fingerprint density at radius 1 is 1.11 bits per heavy atom. The van der Waals surface area contributed by atoms with Gasteiger partial charge in [-0.15, -0.1) is 0 Å². The summed E-state index contributed by atoms with van der Waals surface area (Å²) in [6, 6.07) is 12.5. The maximum Gasteiger partial charge on any atom is 0.258 e. The Balaban J connectivity index is 1.44. The van der Waals surface area contributed by atoms with E-state index < -0.39 is 0 Å². The minimum atomic E-state index is -0.214. The third kappa shape index (κ3) is 5.40. The van der Waals surface area contributed by atoms with Crippen molar-refractivity contribution in [1.29, 1.82) is 0 Å². The number of carbonyl (C=O) groups excluding carboxylic acids is 2. The van der Waals surface area contributed by atoms with E-state index in [-0.39, 0.29) is 24.5 Å². The Bertz CT molecular complexity index is 847. The number of carbonyl (C=O) groups is 2. The van der Waals surface area contributed by atoms with Crippen molar-refractivity contribution < 1.29 is 14.3 Å². The van der Waals surface area contributed by atoms with Crippen LogP contribution in [0.4, 0.5) is 0 Å². The lowest BCUT2D eigenvalue weighted by molar-refractivity contribution is -0.124. The van der Waals surface area contributed by atoms with Crippen LogP contribution in [0.25, 0.3) is 0 Å². The summed E-state index contributed by atoms with van der Waals surface area (Å²) in [5.41, 5.74) is 1.82. The van der Waals surface area contributed by atoms with E-state index in [2.05, 4.69) is 5.32 Å².